The Labute approximate surface area is 167 Å². The highest BCUT2D eigenvalue weighted by Crippen LogP contribution is 2.56. The van der Waals surface area contributed by atoms with Gasteiger partial charge in [-0.3, -0.25) is 4.90 Å². The first-order valence-corrected chi connectivity index (χ1v) is 9.98. The maximum absolute atomic E-state index is 5.88. The van der Waals surface area contributed by atoms with Crippen LogP contribution in [-0.2, 0) is 21.4 Å². The van der Waals surface area contributed by atoms with Crippen molar-refractivity contribution < 1.29 is 23.7 Å². The van der Waals surface area contributed by atoms with Gasteiger partial charge in [-0.25, -0.2) is 0 Å². The highest BCUT2D eigenvalue weighted by molar-refractivity contribution is 5.63. The van der Waals surface area contributed by atoms with E-state index in [4.69, 9.17) is 23.7 Å². The summed E-state index contributed by atoms with van der Waals surface area (Å²) >= 11 is 0. The Morgan fingerprint density at radius 2 is 1.71 bits per heavy atom. The Bertz CT molecular complexity index is 777. The van der Waals surface area contributed by atoms with Gasteiger partial charge in [0.1, 0.15) is 6.10 Å². The third kappa shape index (κ3) is 2.65. The van der Waals surface area contributed by atoms with Crippen molar-refractivity contribution in [3.8, 4) is 17.2 Å². The monoisotopic (exact) mass is 389 g/mol. The van der Waals surface area contributed by atoms with Gasteiger partial charge in [0.25, 0.3) is 0 Å². The number of rotatable bonds is 5. The van der Waals surface area contributed by atoms with Gasteiger partial charge in [-0.05, 0) is 43.0 Å². The van der Waals surface area contributed by atoms with Gasteiger partial charge in [-0.1, -0.05) is 6.08 Å². The first-order valence-electron chi connectivity index (χ1n) is 9.98. The first kappa shape index (κ1) is 19.6. The molecule has 0 saturated carbocycles. The van der Waals surface area contributed by atoms with Crippen molar-refractivity contribution in [2.24, 2.45) is 0 Å². The van der Waals surface area contributed by atoms with Gasteiger partial charge >= 0.3 is 0 Å². The van der Waals surface area contributed by atoms with Crippen molar-refractivity contribution in [1.82, 2.24) is 4.90 Å². The fraction of sp³-hybridized carbons (Fsp3) is 0.636. The molecule has 3 atom stereocenters. The fourth-order valence-corrected chi connectivity index (χ4v) is 5.52. The van der Waals surface area contributed by atoms with Crippen LogP contribution in [0.5, 0.6) is 17.2 Å². The van der Waals surface area contributed by atoms with Crippen LogP contribution in [0.4, 0.5) is 0 Å². The summed E-state index contributed by atoms with van der Waals surface area (Å²) in [6, 6.07) is 2.16. The van der Waals surface area contributed by atoms with Gasteiger partial charge < -0.3 is 23.7 Å². The lowest BCUT2D eigenvalue weighted by molar-refractivity contribution is -0.0481. The number of benzene rings is 1. The number of ether oxygens (including phenoxy) is 5. The van der Waals surface area contributed by atoms with E-state index >= 15 is 0 Å². The minimum atomic E-state index is -0.200. The van der Waals surface area contributed by atoms with Gasteiger partial charge in [0.05, 0.1) is 33.0 Å². The Morgan fingerprint density at radius 1 is 0.929 bits per heavy atom. The minimum absolute atomic E-state index is 0.000563. The van der Waals surface area contributed by atoms with E-state index in [0.717, 1.165) is 44.5 Å². The molecule has 1 aromatic carbocycles. The maximum Gasteiger partial charge on any atom is 0.203 e. The smallest absolute Gasteiger partial charge is 0.203 e. The molecule has 3 aliphatic rings. The van der Waals surface area contributed by atoms with Crippen LogP contribution < -0.4 is 14.2 Å². The molecule has 1 aromatic rings. The molecule has 1 saturated heterocycles. The molecule has 4 rings (SSSR count). The van der Waals surface area contributed by atoms with Gasteiger partial charge in [0.15, 0.2) is 11.5 Å². The molecule has 0 radical (unpaired) electrons. The summed E-state index contributed by atoms with van der Waals surface area (Å²) < 4.78 is 28.8. The predicted octanol–water partition coefficient (Wildman–Crippen LogP) is 2.92. The van der Waals surface area contributed by atoms with Crippen LogP contribution in [0.2, 0.25) is 0 Å². The maximum atomic E-state index is 5.88. The van der Waals surface area contributed by atoms with Gasteiger partial charge in [0.2, 0.25) is 5.75 Å². The lowest BCUT2D eigenvalue weighted by Crippen LogP contribution is -2.50. The minimum Gasteiger partial charge on any atom is -0.493 e. The Kier molecular flexibility index (Phi) is 5.29. The molecule has 1 spiro atoms. The average molecular weight is 389 g/mol. The number of nitrogens with zero attached hydrogens (tertiary/aromatic N) is 1. The SMILES string of the molecule is COc1cc2c(c(OC)c1OC)CCCN1CCC3=CC(OC)C(OC)CC321. The molecule has 0 N–H and O–H groups in total. The molecule has 1 aliphatic carbocycles. The van der Waals surface area contributed by atoms with E-state index in [1.165, 1.54) is 16.7 Å². The van der Waals surface area contributed by atoms with E-state index in [9.17, 15) is 0 Å². The lowest BCUT2D eigenvalue weighted by atomic mass is 9.72. The van der Waals surface area contributed by atoms with Gasteiger partial charge in [-0.2, -0.15) is 0 Å². The number of hydrogen-bond acceptors (Lipinski definition) is 6. The predicted molar refractivity (Wildman–Crippen MR) is 107 cm³/mol. The molecule has 6 heteroatoms. The van der Waals surface area contributed by atoms with E-state index in [0.29, 0.717) is 11.5 Å². The second kappa shape index (κ2) is 7.58. The van der Waals surface area contributed by atoms with E-state index in [2.05, 4.69) is 17.0 Å². The summed E-state index contributed by atoms with van der Waals surface area (Å²) in [5.41, 5.74) is 3.71. The molecular weight excluding hydrogens is 358 g/mol. The largest absolute Gasteiger partial charge is 0.493 e. The quantitative estimate of drug-likeness (QED) is 0.722. The highest BCUT2D eigenvalue weighted by atomic mass is 16.5. The van der Waals surface area contributed by atoms with Crippen LogP contribution in [-0.4, -0.2) is 65.7 Å². The van der Waals surface area contributed by atoms with E-state index < -0.39 is 0 Å². The van der Waals surface area contributed by atoms with Crippen LogP contribution in [0, 0.1) is 0 Å². The first-order chi connectivity index (χ1) is 13.6. The zero-order valence-corrected chi connectivity index (χ0v) is 17.5. The summed E-state index contributed by atoms with van der Waals surface area (Å²) in [6.45, 7) is 2.10. The molecule has 0 bridgehead atoms. The van der Waals surface area contributed by atoms with Crippen LogP contribution in [0.25, 0.3) is 0 Å². The zero-order valence-electron chi connectivity index (χ0n) is 17.5. The van der Waals surface area contributed by atoms with Crippen LogP contribution >= 0.6 is 0 Å². The van der Waals surface area contributed by atoms with Crippen LogP contribution in [0.1, 0.15) is 30.4 Å². The number of methoxy groups -OCH3 is 5. The van der Waals surface area contributed by atoms with Crippen LogP contribution in [0.15, 0.2) is 17.7 Å². The second-order valence-electron chi connectivity index (χ2n) is 7.74. The van der Waals surface area contributed by atoms with E-state index in [1.54, 1.807) is 35.5 Å². The van der Waals surface area contributed by atoms with Gasteiger partial charge in [0, 0.05) is 32.7 Å². The normalized spacial score (nSPS) is 29.2. The molecule has 1 fully saturated rings. The Morgan fingerprint density at radius 3 is 2.36 bits per heavy atom. The summed E-state index contributed by atoms with van der Waals surface area (Å²) in [4.78, 5) is 2.62. The standard InChI is InChI=1S/C22H31NO5/c1-24-17-11-14-8-10-23-9-6-7-15-16(22(14,23)13-19(17)26-3)12-18(25-2)21(28-5)20(15)27-4/h11-12,17,19H,6-10,13H2,1-5H3. The third-order valence-electron chi connectivity index (χ3n) is 6.76. The Balaban J connectivity index is 1.99. The number of hydrogen-bond donors (Lipinski definition) is 0. The second-order valence-corrected chi connectivity index (χ2v) is 7.74. The van der Waals surface area contributed by atoms with E-state index in [-0.39, 0.29) is 17.7 Å². The summed E-state index contributed by atoms with van der Waals surface area (Å²) in [5, 5.41) is 0. The van der Waals surface area contributed by atoms with Crippen molar-refractivity contribution >= 4 is 0 Å². The van der Waals surface area contributed by atoms with E-state index in [1.807, 2.05) is 0 Å². The molecule has 154 valence electrons. The van der Waals surface area contributed by atoms with Crippen molar-refractivity contribution in [2.45, 2.75) is 43.4 Å². The summed E-state index contributed by atoms with van der Waals surface area (Å²) in [7, 11) is 8.60. The summed E-state index contributed by atoms with van der Waals surface area (Å²) in [5.74, 6) is 2.18. The molecule has 6 nitrogen and oxygen atoms in total. The summed E-state index contributed by atoms with van der Waals surface area (Å²) in [6.07, 6.45) is 6.22. The molecule has 0 aromatic heterocycles. The zero-order chi connectivity index (χ0) is 19.9. The van der Waals surface area contributed by atoms with Crippen molar-refractivity contribution in [1.29, 1.82) is 0 Å². The molecule has 0 amide bonds. The Hall–Kier alpha value is -1.76. The molecule has 3 unspecified atom stereocenters. The van der Waals surface area contributed by atoms with Crippen molar-refractivity contribution in [3.05, 3.63) is 28.8 Å². The van der Waals surface area contributed by atoms with Crippen molar-refractivity contribution in [3.63, 3.8) is 0 Å². The topological polar surface area (TPSA) is 49.4 Å². The highest BCUT2D eigenvalue weighted by Gasteiger charge is 2.53. The molecular formula is C22H31NO5. The molecule has 28 heavy (non-hydrogen) atoms. The van der Waals surface area contributed by atoms with Crippen LogP contribution in [0.3, 0.4) is 0 Å². The van der Waals surface area contributed by atoms with Gasteiger partial charge in [-0.15, -0.1) is 0 Å². The molecule has 2 heterocycles. The molecule has 2 aliphatic heterocycles. The third-order valence-corrected chi connectivity index (χ3v) is 6.76. The lowest BCUT2D eigenvalue weighted by Gasteiger charge is -2.46. The number of fused-ring (bicyclic) bond motifs is 1. The van der Waals surface area contributed by atoms with Crippen molar-refractivity contribution in [2.75, 3.05) is 48.6 Å². The fourth-order valence-electron chi connectivity index (χ4n) is 5.52. The average Bonchev–Trinajstić information content (AvgIpc) is 3.02.